The summed E-state index contributed by atoms with van der Waals surface area (Å²) in [4.78, 5) is 33.6. The second kappa shape index (κ2) is 7.13. The first-order valence-electron chi connectivity index (χ1n) is 6.03. The molecule has 1 aromatic rings. The van der Waals surface area contributed by atoms with Crippen molar-refractivity contribution in [1.82, 2.24) is 10.6 Å². The maximum absolute atomic E-state index is 11.7. The maximum atomic E-state index is 11.7. The van der Waals surface area contributed by atoms with Gasteiger partial charge in [-0.05, 0) is 12.5 Å². The molecule has 1 unspecified atom stereocenters. The zero-order chi connectivity index (χ0) is 15.1. The van der Waals surface area contributed by atoms with Crippen LogP contribution in [0.5, 0.6) is 0 Å². The summed E-state index contributed by atoms with van der Waals surface area (Å²) in [5, 5.41) is 13.9. The number of carboxylic acid groups (broad SMARTS) is 1. The van der Waals surface area contributed by atoms with E-state index in [9.17, 15) is 14.4 Å². The van der Waals surface area contributed by atoms with Gasteiger partial charge in [0.2, 0.25) is 5.91 Å². The van der Waals surface area contributed by atoms with E-state index in [4.69, 9.17) is 10.8 Å². The van der Waals surface area contributed by atoms with Crippen LogP contribution >= 0.6 is 0 Å². The molecule has 0 aliphatic carbocycles. The third-order valence-corrected chi connectivity index (χ3v) is 2.54. The number of hydrogen-bond donors (Lipinski definition) is 4. The van der Waals surface area contributed by atoms with E-state index in [0.29, 0.717) is 5.56 Å². The predicted molar refractivity (Wildman–Crippen MR) is 71.8 cm³/mol. The molecule has 2 atom stereocenters. The molecule has 7 nitrogen and oxygen atoms in total. The Bertz CT molecular complexity index is 490. The average Bonchev–Trinajstić information content (AvgIpc) is 2.35. The van der Waals surface area contributed by atoms with Crippen molar-refractivity contribution in [2.75, 3.05) is 0 Å². The third kappa shape index (κ3) is 4.97. The second-order valence-corrected chi connectivity index (χ2v) is 4.37. The first-order valence-corrected chi connectivity index (χ1v) is 6.03. The number of carbonyl (C=O) groups excluding carboxylic acids is 2. The standard InChI is InChI=1S/C13H17N3O4/c1-8(7-10(14)17)15-13(20)16-11(12(18)19)9-5-3-2-4-6-9/h2-6,8,11H,7H2,1H3,(H2,14,17)(H,18,19)(H2,15,16,20)/t8?,11-/m1/s1. The van der Waals surface area contributed by atoms with Crippen molar-refractivity contribution in [3.05, 3.63) is 35.9 Å². The summed E-state index contributed by atoms with van der Waals surface area (Å²) in [6, 6.07) is 6.01. The number of rotatable bonds is 6. The van der Waals surface area contributed by atoms with Gasteiger partial charge in [0, 0.05) is 12.5 Å². The fraction of sp³-hybridized carbons (Fsp3) is 0.308. The molecule has 0 aromatic heterocycles. The molecule has 0 aliphatic heterocycles. The quantitative estimate of drug-likeness (QED) is 0.601. The summed E-state index contributed by atoms with van der Waals surface area (Å²) >= 11 is 0. The summed E-state index contributed by atoms with van der Waals surface area (Å²) < 4.78 is 0. The average molecular weight is 279 g/mol. The molecule has 1 aromatic carbocycles. The van der Waals surface area contributed by atoms with Gasteiger partial charge in [-0.2, -0.15) is 0 Å². The first kappa shape index (κ1) is 15.5. The SMILES string of the molecule is CC(CC(N)=O)NC(=O)N[C@@H](C(=O)O)c1ccccc1. The van der Waals surface area contributed by atoms with Crippen LogP contribution in [0, 0.1) is 0 Å². The van der Waals surface area contributed by atoms with E-state index in [-0.39, 0.29) is 6.42 Å². The second-order valence-electron chi connectivity index (χ2n) is 4.37. The van der Waals surface area contributed by atoms with Gasteiger partial charge in [-0.25, -0.2) is 9.59 Å². The Balaban J connectivity index is 2.65. The summed E-state index contributed by atoms with van der Waals surface area (Å²) in [5.41, 5.74) is 5.46. The summed E-state index contributed by atoms with van der Waals surface area (Å²) in [7, 11) is 0. The minimum Gasteiger partial charge on any atom is -0.479 e. The molecule has 108 valence electrons. The Labute approximate surface area is 116 Å². The lowest BCUT2D eigenvalue weighted by atomic mass is 10.1. The molecule has 1 rings (SSSR count). The highest BCUT2D eigenvalue weighted by molar-refractivity contribution is 5.84. The van der Waals surface area contributed by atoms with Crippen molar-refractivity contribution < 1.29 is 19.5 Å². The van der Waals surface area contributed by atoms with Crippen molar-refractivity contribution >= 4 is 17.9 Å². The molecule has 0 heterocycles. The van der Waals surface area contributed by atoms with Crippen LogP contribution in [-0.4, -0.2) is 29.1 Å². The summed E-state index contributed by atoms with van der Waals surface area (Å²) in [5.74, 6) is -1.72. The molecule has 3 amide bonds. The number of amides is 3. The normalized spacial score (nSPS) is 13.1. The predicted octanol–water partition coefficient (Wildman–Crippen LogP) is 0.375. The molecule has 0 spiro atoms. The van der Waals surface area contributed by atoms with Crippen LogP contribution in [0.3, 0.4) is 0 Å². The fourth-order valence-corrected chi connectivity index (χ4v) is 1.68. The van der Waals surface area contributed by atoms with Crippen molar-refractivity contribution in [3.8, 4) is 0 Å². The van der Waals surface area contributed by atoms with E-state index in [1.54, 1.807) is 37.3 Å². The Hall–Kier alpha value is -2.57. The molecule has 0 saturated heterocycles. The Kier molecular flexibility index (Phi) is 5.52. The maximum Gasteiger partial charge on any atom is 0.330 e. The summed E-state index contributed by atoms with van der Waals surface area (Å²) in [6.45, 7) is 1.60. The number of carboxylic acids is 1. The topological polar surface area (TPSA) is 122 Å². The Morgan fingerprint density at radius 3 is 2.30 bits per heavy atom. The van der Waals surface area contributed by atoms with E-state index >= 15 is 0 Å². The number of nitrogens with two attached hydrogens (primary N) is 1. The van der Waals surface area contributed by atoms with Crippen LogP contribution in [-0.2, 0) is 9.59 Å². The van der Waals surface area contributed by atoms with Crippen LogP contribution in [0.15, 0.2) is 30.3 Å². The highest BCUT2D eigenvalue weighted by Gasteiger charge is 2.22. The van der Waals surface area contributed by atoms with Gasteiger partial charge in [-0.3, -0.25) is 4.79 Å². The van der Waals surface area contributed by atoms with Crippen molar-refractivity contribution in [1.29, 1.82) is 0 Å². The molecule has 0 fully saturated rings. The number of urea groups is 1. The molecule has 0 aliphatic rings. The molecule has 5 N–H and O–H groups in total. The number of hydrogen-bond acceptors (Lipinski definition) is 3. The first-order chi connectivity index (χ1) is 9.40. The lowest BCUT2D eigenvalue weighted by Gasteiger charge is -2.18. The van der Waals surface area contributed by atoms with Gasteiger partial charge in [0.05, 0.1) is 0 Å². The fourth-order valence-electron chi connectivity index (χ4n) is 1.68. The molecule has 0 saturated carbocycles. The largest absolute Gasteiger partial charge is 0.479 e. The van der Waals surface area contributed by atoms with Gasteiger partial charge in [-0.15, -0.1) is 0 Å². The number of nitrogens with one attached hydrogen (secondary N) is 2. The van der Waals surface area contributed by atoms with E-state index in [2.05, 4.69) is 10.6 Å². The molecular weight excluding hydrogens is 262 g/mol. The monoisotopic (exact) mass is 279 g/mol. The molecule has 20 heavy (non-hydrogen) atoms. The van der Waals surface area contributed by atoms with Gasteiger partial charge in [0.1, 0.15) is 0 Å². The number of aliphatic carboxylic acids is 1. The summed E-state index contributed by atoms with van der Waals surface area (Å²) in [6.07, 6.45) is -0.0174. The van der Waals surface area contributed by atoms with Gasteiger partial charge in [0.15, 0.2) is 6.04 Å². The van der Waals surface area contributed by atoms with E-state index in [1.165, 1.54) is 0 Å². The van der Waals surface area contributed by atoms with Crippen LogP contribution < -0.4 is 16.4 Å². The smallest absolute Gasteiger partial charge is 0.330 e. The third-order valence-electron chi connectivity index (χ3n) is 2.54. The molecule has 0 bridgehead atoms. The van der Waals surface area contributed by atoms with Crippen LogP contribution in [0.2, 0.25) is 0 Å². The lowest BCUT2D eigenvalue weighted by molar-refractivity contribution is -0.139. The van der Waals surface area contributed by atoms with Gasteiger partial charge in [0.25, 0.3) is 0 Å². The van der Waals surface area contributed by atoms with Crippen molar-refractivity contribution in [3.63, 3.8) is 0 Å². The van der Waals surface area contributed by atoms with E-state index in [0.717, 1.165) is 0 Å². The van der Waals surface area contributed by atoms with Crippen molar-refractivity contribution in [2.24, 2.45) is 5.73 Å². The van der Waals surface area contributed by atoms with Crippen molar-refractivity contribution in [2.45, 2.75) is 25.4 Å². The zero-order valence-electron chi connectivity index (χ0n) is 11.0. The number of benzene rings is 1. The van der Waals surface area contributed by atoms with E-state index < -0.39 is 30.0 Å². The van der Waals surface area contributed by atoms with E-state index in [1.807, 2.05) is 0 Å². The highest BCUT2D eigenvalue weighted by atomic mass is 16.4. The minimum absolute atomic E-state index is 0.0174. The minimum atomic E-state index is -1.17. The molecule has 7 heteroatoms. The van der Waals surface area contributed by atoms with Gasteiger partial charge in [-0.1, -0.05) is 30.3 Å². The highest BCUT2D eigenvalue weighted by Crippen LogP contribution is 2.12. The van der Waals surface area contributed by atoms with Crippen LogP contribution in [0.4, 0.5) is 4.79 Å². The lowest BCUT2D eigenvalue weighted by Crippen LogP contribution is -2.45. The molecule has 0 radical (unpaired) electrons. The van der Waals surface area contributed by atoms with Crippen LogP contribution in [0.1, 0.15) is 24.9 Å². The number of carbonyl (C=O) groups is 3. The zero-order valence-corrected chi connectivity index (χ0v) is 11.0. The molecular formula is C13H17N3O4. The Morgan fingerprint density at radius 2 is 1.80 bits per heavy atom. The van der Waals surface area contributed by atoms with Crippen LogP contribution in [0.25, 0.3) is 0 Å². The van der Waals surface area contributed by atoms with Gasteiger partial charge < -0.3 is 21.5 Å². The Morgan fingerprint density at radius 1 is 1.20 bits per heavy atom. The van der Waals surface area contributed by atoms with Gasteiger partial charge >= 0.3 is 12.0 Å². The number of primary amides is 1.